The van der Waals surface area contributed by atoms with E-state index in [1.54, 1.807) is 0 Å². The maximum atomic E-state index is 11.6. The third kappa shape index (κ3) is 1.87. The predicted molar refractivity (Wildman–Crippen MR) is 67.8 cm³/mol. The lowest BCUT2D eigenvalue weighted by atomic mass is 9.43. The predicted octanol–water partition coefficient (Wildman–Crippen LogP) is 0.847. The number of carboxylic acid groups (broad SMARTS) is 1. The van der Waals surface area contributed by atoms with E-state index in [2.05, 4.69) is 5.32 Å². The van der Waals surface area contributed by atoms with Gasteiger partial charge in [-0.25, -0.2) is 0 Å². The van der Waals surface area contributed by atoms with E-state index in [1.165, 1.54) is 13.3 Å². The Kier molecular flexibility index (Phi) is 2.70. The third-order valence-electron chi connectivity index (χ3n) is 5.88. The van der Waals surface area contributed by atoms with Crippen molar-refractivity contribution in [1.29, 1.82) is 0 Å². The summed E-state index contributed by atoms with van der Waals surface area (Å²) in [6, 6.07) is 0.0645. The molecule has 4 heteroatoms. The van der Waals surface area contributed by atoms with Gasteiger partial charge in [0.15, 0.2) is 0 Å². The summed E-state index contributed by atoms with van der Waals surface area (Å²) >= 11 is 0. The molecule has 1 N–H and O–H groups in total. The highest BCUT2D eigenvalue weighted by atomic mass is 16.4. The number of carbonyl (C=O) groups excluding carboxylic acids is 2. The van der Waals surface area contributed by atoms with Crippen LogP contribution in [0.25, 0.3) is 0 Å². The summed E-state index contributed by atoms with van der Waals surface area (Å²) in [4.78, 5) is 23.0. The Balaban J connectivity index is 1.91. The molecular weight excluding hydrogens is 242 g/mol. The topological polar surface area (TPSA) is 69.2 Å². The van der Waals surface area contributed by atoms with Gasteiger partial charge in [0, 0.05) is 24.3 Å². The van der Waals surface area contributed by atoms with E-state index in [0.29, 0.717) is 18.3 Å². The summed E-state index contributed by atoms with van der Waals surface area (Å²) in [6.45, 7) is 3.57. The Morgan fingerprint density at radius 2 is 1.79 bits per heavy atom. The van der Waals surface area contributed by atoms with Gasteiger partial charge in [-0.3, -0.25) is 4.79 Å². The maximum absolute atomic E-state index is 11.6. The molecule has 0 heterocycles. The number of hydrogen-bond acceptors (Lipinski definition) is 3. The van der Waals surface area contributed by atoms with Crippen LogP contribution >= 0.6 is 0 Å². The van der Waals surface area contributed by atoms with Crippen molar-refractivity contribution in [3.05, 3.63) is 0 Å². The molecule has 4 fully saturated rings. The Labute approximate surface area is 113 Å². The van der Waals surface area contributed by atoms with Gasteiger partial charge in [0.05, 0.1) is 0 Å². The van der Waals surface area contributed by atoms with Crippen LogP contribution in [0.5, 0.6) is 0 Å². The van der Waals surface area contributed by atoms with Crippen molar-refractivity contribution >= 4 is 11.9 Å². The molecule has 106 valence electrons. The molecular formula is C15H22NO3-. The van der Waals surface area contributed by atoms with E-state index in [0.717, 1.165) is 25.7 Å². The molecule has 0 aliphatic heterocycles. The van der Waals surface area contributed by atoms with Crippen molar-refractivity contribution in [1.82, 2.24) is 5.32 Å². The number of aliphatic carboxylic acids is 1. The second kappa shape index (κ2) is 3.97. The molecule has 4 aliphatic carbocycles. The largest absolute Gasteiger partial charge is 0.550 e. The lowest BCUT2D eigenvalue weighted by Gasteiger charge is -2.64. The molecule has 0 radical (unpaired) electrons. The van der Waals surface area contributed by atoms with Crippen molar-refractivity contribution in [3.63, 3.8) is 0 Å². The highest BCUT2D eigenvalue weighted by Crippen LogP contribution is 2.66. The van der Waals surface area contributed by atoms with Crippen molar-refractivity contribution in [2.24, 2.45) is 22.7 Å². The van der Waals surface area contributed by atoms with E-state index in [9.17, 15) is 14.7 Å². The van der Waals surface area contributed by atoms with Crippen LogP contribution in [0.15, 0.2) is 0 Å². The first-order chi connectivity index (χ1) is 8.85. The first kappa shape index (κ1) is 12.9. The highest BCUT2D eigenvalue weighted by Gasteiger charge is 2.59. The fourth-order valence-corrected chi connectivity index (χ4v) is 5.54. The number of amides is 1. The fourth-order valence-electron chi connectivity index (χ4n) is 5.54. The second-order valence-electron chi connectivity index (χ2n) is 7.31. The van der Waals surface area contributed by atoms with E-state index in [4.69, 9.17) is 0 Å². The molecule has 4 rings (SSSR count). The van der Waals surface area contributed by atoms with Gasteiger partial charge in [0.2, 0.25) is 5.91 Å². The lowest BCUT2D eigenvalue weighted by molar-refractivity contribution is -0.330. The van der Waals surface area contributed by atoms with E-state index >= 15 is 0 Å². The minimum Gasteiger partial charge on any atom is -0.550 e. The minimum absolute atomic E-state index is 0.0180. The standard InChI is InChI=1S/C15H23NO3/c1-9(16-10(2)17)14-4-11-3-12(5-14)7-15(6-11,8-14)13(18)19/h9,11-12H,3-8H2,1-2H3,(H,16,17)(H,18,19)/p-1/t9-,11-,12+,14?,15?/m0/s1. The summed E-state index contributed by atoms with van der Waals surface area (Å²) in [6.07, 6.45) is 5.58. The first-order valence-electron chi connectivity index (χ1n) is 7.34. The van der Waals surface area contributed by atoms with Crippen LogP contribution in [-0.4, -0.2) is 17.9 Å². The minimum atomic E-state index is -0.860. The third-order valence-corrected chi connectivity index (χ3v) is 5.88. The maximum Gasteiger partial charge on any atom is 0.217 e. The van der Waals surface area contributed by atoms with Crippen LogP contribution in [0, 0.1) is 22.7 Å². The number of hydrogen-bond donors (Lipinski definition) is 1. The Morgan fingerprint density at radius 1 is 1.21 bits per heavy atom. The van der Waals surface area contributed by atoms with Gasteiger partial charge in [0.1, 0.15) is 0 Å². The zero-order valence-corrected chi connectivity index (χ0v) is 11.7. The van der Waals surface area contributed by atoms with E-state index in [-0.39, 0.29) is 17.4 Å². The molecule has 0 aromatic rings. The molecule has 2 unspecified atom stereocenters. The molecule has 4 nitrogen and oxygen atoms in total. The van der Waals surface area contributed by atoms with Crippen molar-refractivity contribution < 1.29 is 14.7 Å². The van der Waals surface area contributed by atoms with Crippen molar-refractivity contribution in [3.8, 4) is 0 Å². The molecule has 0 saturated heterocycles. The van der Waals surface area contributed by atoms with Gasteiger partial charge in [0.25, 0.3) is 0 Å². The van der Waals surface area contributed by atoms with Crippen LogP contribution in [0.4, 0.5) is 0 Å². The zero-order valence-electron chi connectivity index (χ0n) is 11.7. The molecule has 0 aromatic carbocycles. The van der Waals surface area contributed by atoms with Crippen molar-refractivity contribution in [2.45, 2.75) is 58.4 Å². The second-order valence-corrected chi connectivity index (χ2v) is 7.31. The summed E-state index contributed by atoms with van der Waals surface area (Å²) in [5.74, 6) is 0.137. The highest BCUT2D eigenvalue weighted by molar-refractivity contribution is 5.74. The van der Waals surface area contributed by atoms with E-state index < -0.39 is 11.4 Å². The monoisotopic (exact) mass is 264 g/mol. The SMILES string of the molecule is CC(=O)N[C@@H](C)C12C[C@@H]3C[C@@H](CC(C(=O)[O-])(C3)C1)C2. The molecule has 0 aromatic heterocycles. The Morgan fingerprint density at radius 3 is 2.26 bits per heavy atom. The summed E-state index contributed by atoms with van der Waals surface area (Å²) in [5, 5.41) is 14.6. The summed E-state index contributed by atoms with van der Waals surface area (Å²) in [7, 11) is 0. The van der Waals surface area contributed by atoms with Gasteiger partial charge in [-0.15, -0.1) is 0 Å². The normalized spacial score (nSPS) is 44.9. The summed E-state index contributed by atoms with van der Waals surface area (Å²) in [5.41, 5.74) is -0.632. The quantitative estimate of drug-likeness (QED) is 0.821. The van der Waals surface area contributed by atoms with Crippen LogP contribution < -0.4 is 10.4 Å². The van der Waals surface area contributed by atoms with Crippen molar-refractivity contribution in [2.75, 3.05) is 0 Å². The Hall–Kier alpha value is -1.06. The zero-order chi connectivity index (χ0) is 13.8. The van der Waals surface area contributed by atoms with Gasteiger partial charge < -0.3 is 15.2 Å². The average molecular weight is 264 g/mol. The van der Waals surface area contributed by atoms with Gasteiger partial charge >= 0.3 is 0 Å². The molecule has 4 aliphatic rings. The molecule has 4 bridgehead atoms. The Bertz CT molecular complexity index is 417. The number of carboxylic acids is 1. The van der Waals surface area contributed by atoms with Crippen LogP contribution in [0.1, 0.15) is 52.4 Å². The smallest absolute Gasteiger partial charge is 0.217 e. The average Bonchev–Trinajstić information content (AvgIpc) is 2.25. The van der Waals surface area contributed by atoms with E-state index in [1.807, 2.05) is 6.92 Å². The molecule has 0 spiro atoms. The lowest BCUT2D eigenvalue weighted by Crippen LogP contribution is -2.62. The fraction of sp³-hybridized carbons (Fsp3) is 0.867. The van der Waals surface area contributed by atoms with Gasteiger partial charge in [-0.05, 0) is 62.7 Å². The molecule has 5 atom stereocenters. The molecule has 19 heavy (non-hydrogen) atoms. The molecule has 4 saturated carbocycles. The van der Waals surface area contributed by atoms with Gasteiger partial charge in [-0.2, -0.15) is 0 Å². The van der Waals surface area contributed by atoms with Crippen LogP contribution in [0.3, 0.4) is 0 Å². The summed E-state index contributed by atoms with van der Waals surface area (Å²) < 4.78 is 0. The first-order valence-corrected chi connectivity index (χ1v) is 7.34. The number of nitrogens with one attached hydrogen (secondary N) is 1. The van der Waals surface area contributed by atoms with Crippen LogP contribution in [-0.2, 0) is 9.59 Å². The van der Waals surface area contributed by atoms with Crippen LogP contribution in [0.2, 0.25) is 0 Å². The number of rotatable bonds is 3. The van der Waals surface area contributed by atoms with Gasteiger partial charge in [-0.1, -0.05) is 0 Å². The number of carbonyl (C=O) groups is 2. The molecule has 1 amide bonds.